The van der Waals surface area contributed by atoms with Gasteiger partial charge in [-0.3, -0.25) is 0 Å². The smallest absolute Gasteiger partial charge is 0.157 e. The molecule has 0 N–H and O–H groups in total. The van der Waals surface area contributed by atoms with Crippen LogP contribution in [0.2, 0.25) is 0 Å². The van der Waals surface area contributed by atoms with Crippen LogP contribution in [0.25, 0.3) is 11.0 Å². The molecule has 0 atom stereocenters. The minimum absolute atomic E-state index is 0.595. The van der Waals surface area contributed by atoms with Crippen LogP contribution in [0.1, 0.15) is 5.69 Å². The van der Waals surface area contributed by atoms with Gasteiger partial charge in [0, 0.05) is 5.39 Å². The van der Waals surface area contributed by atoms with Crippen molar-refractivity contribution in [1.82, 2.24) is 20.4 Å². The second-order valence-corrected chi connectivity index (χ2v) is 2.30. The Morgan fingerprint density at radius 2 is 2.09 bits per heavy atom. The van der Waals surface area contributed by atoms with E-state index in [0.717, 1.165) is 11.1 Å². The van der Waals surface area contributed by atoms with Gasteiger partial charge in [0.25, 0.3) is 0 Å². The Kier molecular flexibility index (Phi) is 1.25. The van der Waals surface area contributed by atoms with E-state index in [1.54, 1.807) is 6.20 Å². The zero-order valence-electron chi connectivity index (χ0n) is 6.02. The molecule has 0 aliphatic rings. The molecule has 4 heteroatoms. The molecule has 0 saturated heterocycles. The van der Waals surface area contributed by atoms with E-state index in [9.17, 15) is 0 Å². The molecule has 0 unspecified atom stereocenters. The Morgan fingerprint density at radius 3 is 3.00 bits per heavy atom. The van der Waals surface area contributed by atoms with E-state index in [4.69, 9.17) is 0 Å². The number of fused-ring (bicyclic) bond motifs is 1. The fourth-order valence-corrected chi connectivity index (χ4v) is 0.904. The molecule has 0 fully saturated rings. The second kappa shape index (κ2) is 2.23. The Morgan fingerprint density at radius 1 is 1.18 bits per heavy atom. The van der Waals surface area contributed by atoms with E-state index >= 15 is 0 Å². The van der Waals surface area contributed by atoms with Gasteiger partial charge in [-0.25, -0.2) is 0 Å². The average Bonchev–Trinajstić information content (AvgIpc) is 2.04. The summed E-state index contributed by atoms with van der Waals surface area (Å²) >= 11 is 0. The molecule has 0 bridgehead atoms. The minimum atomic E-state index is 0.595. The summed E-state index contributed by atoms with van der Waals surface area (Å²) in [5, 5.41) is 16.2. The van der Waals surface area contributed by atoms with Crippen molar-refractivity contribution < 1.29 is 0 Å². The van der Waals surface area contributed by atoms with Crippen molar-refractivity contribution in [2.45, 2.75) is 6.92 Å². The first kappa shape index (κ1) is 6.15. The van der Waals surface area contributed by atoms with Crippen LogP contribution in [0.3, 0.4) is 0 Å². The van der Waals surface area contributed by atoms with E-state index in [0.29, 0.717) is 5.65 Å². The largest absolute Gasteiger partial charge is 0.203 e. The number of rotatable bonds is 0. The molecule has 54 valence electrons. The third-order valence-corrected chi connectivity index (χ3v) is 1.40. The van der Waals surface area contributed by atoms with Gasteiger partial charge in [-0.2, -0.15) is 10.2 Å². The molecule has 0 aliphatic carbocycles. The number of hydrogen-bond donors (Lipinski definition) is 0. The van der Waals surface area contributed by atoms with Crippen LogP contribution in [-0.2, 0) is 0 Å². The normalized spacial score (nSPS) is 10.3. The standard InChI is InChI=1S/C7H6N4/c1-5-4-6-2-3-8-10-7(6)11-9-5/h2-4H,1H3. The van der Waals surface area contributed by atoms with Crippen LogP contribution < -0.4 is 0 Å². The van der Waals surface area contributed by atoms with Crippen LogP contribution in [0, 0.1) is 6.92 Å². The van der Waals surface area contributed by atoms with Gasteiger partial charge in [0.1, 0.15) is 0 Å². The maximum absolute atomic E-state index is 3.86. The molecule has 2 aromatic rings. The predicted molar refractivity (Wildman–Crippen MR) is 39.9 cm³/mol. The molecule has 0 saturated carbocycles. The first-order valence-electron chi connectivity index (χ1n) is 3.28. The Bertz CT molecular complexity index is 385. The topological polar surface area (TPSA) is 51.6 Å². The summed E-state index contributed by atoms with van der Waals surface area (Å²) in [6.45, 7) is 1.90. The van der Waals surface area contributed by atoms with E-state index in [1.165, 1.54) is 0 Å². The zero-order chi connectivity index (χ0) is 7.68. The molecular formula is C7H6N4. The number of nitrogens with zero attached hydrogens (tertiary/aromatic N) is 4. The highest BCUT2D eigenvalue weighted by molar-refractivity contribution is 5.72. The van der Waals surface area contributed by atoms with Gasteiger partial charge in [0.2, 0.25) is 5.65 Å². The summed E-state index contributed by atoms with van der Waals surface area (Å²) in [7, 11) is 0. The Balaban J connectivity index is 2.83. The van der Waals surface area contributed by atoms with Gasteiger partial charge in [0.05, 0.1) is 11.9 Å². The molecule has 4 nitrogen and oxygen atoms in total. The SMILES string of the molecule is Cc1cc2ccnnc2nn1. The van der Waals surface area contributed by atoms with Crippen LogP contribution in [0.15, 0.2) is 18.3 Å². The quantitative estimate of drug-likeness (QED) is 0.549. The molecule has 0 aliphatic heterocycles. The molecule has 2 heterocycles. The molecule has 11 heavy (non-hydrogen) atoms. The third kappa shape index (κ3) is 1.02. The lowest BCUT2D eigenvalue weighted by molar-refractivity contribution is 0.961. The predicted octanol–water partition coefficient (Wildman–Crippen LogP) is 0.728. The lowest BCUT2D eigenvalue weighted by atomic mass is 10.3. The fraction of sp³-hybridized carbons (Fsp3) is 0.143. The molecule has 0 spiro atoms. The van der Waals surface area contributed by atoms with Crippen molar-refractivity contribution in [3.63, 3.8) is 0 Å². The van der Waals surface area contributed by atoms with Crippen LogP contribution in [-0.4, -0.2) is 20.4 Å². The summed E-state index contributed by atoms with van der Waals surface area (Å²) in [4.78, 5) is 0. The van der Waals surface area contributed by atoms with Crippen LogP contribution in [0.4, 0.5) is 0 Å². The highest BCUT2D eigenvalue weighted by atomic mass is 15.2. The Hall–Kier alpha value is -1.58. The Labute approximate surface area is 63.3 Å². The zero-order valence-corrected chi connectivity index (χ0v) is 6.02. The minimum Gasteiger partial charge on any atom is -0.157 e. The second-order valence-electron chi connectivity index (χ2n) is 2.30. The van der Waals surface area contributed by atoms with E-state index < -0.39 is 0 Å². The van der Waals surface area contributed by atoms with E-state index in [1.807, 2.05) is 19.1 Å². The van der Waals surface area contributed by atoms with E-state index in [2.05, 4.69) is 20.4 Å². The maximum atomic E-state index is 3.86. The molecule has 2 rings (SSSR count). The summed E-state index contributed by atoms with van der Waals surface area (Å²) in [6, 6.07) is 3.79. The van der Waals surface area contributed by atoms with Gasteiger partial charge in [0.15, 0.2) is 0 Å². The third-order valence-electron chi connectivity index (χ3n) is 1.40. The molecule has 0 radical (unpaired) electrons. The average molecular weight is 146 g/mol. The summed E-state index contributed by atoms with van der Waals surface area (Å²) in [5.41, 5.74) is 1.49. The first-order chi connectivity index (χ1) is 5.36. The molecule has 0 amide bonds. The molecule has 2 aromatic heterocycles. The number of aromatic nitrogens is 4. The van der Waals surface area contributed by atoms with Crippen molar-refractivity contribution in [3.8, 4) is 0 Å². The van der Waals surface area contributed by atoms with Crippen LogP contribution in [0.5, 0.6) is 0 Å². The van der Waals surface area contributed by atoms with Crippen molar-refractivity contribution >= 4 is 11.0 Å². The van der Waals surface area contributed by atoms with Crippen molar-refractivity contribution in [1.29, 1.82) is 0 Å². The lowest BCUT2D eigenvalue weighted by Gasteiger charge is -1.92. The summed E-state index contributed by atoms with van der Waals surface area (Å²) in [5.74, 6) is 0. The number of aryl methyl sites for hydroxylation is 1. The highest BCUT2D eigenvalue weighted by Crippen LogP contribution is 2.05. The number of hydrogen-bond acceptors (Lipinski definition) is 4. The summed E-state index contributed by atoms with van der Waals surface area (Å²) < 4.78 is 0. The van der Waals surface area contributed by atoms with Crippen molar-refractivity contribution in [2.75, 3.05) is 0 Å². The first-order valence-corrected chi connectivity index (χ1v) is 3.28. The van der Waals surface area contributed by atoms with Gasteiger partial charge in [-0.05, 0) is 19.1 Å². The van der Waals surface area contributed by atoms with Crippen molar-refractivity contribution in [2.24, 2.45) is 0 Å². The monoisotopic (exact) mass is 146 g/mol. The lowest BCUT2D eigenvalue weighted by Crippen LogP contribution is -1.90. The van der Waals surface area contributed by atoms with Crippen molar-refractivity contribution in [3.05, 3.63) is 24.0 Å². The van der Waals surface area contributed by atoms with E-state index in [-0.39, 0.29) is 0 Å². The highest BCUT2D eigenvalue weighted by Gasteiger charge is 1.94. The molecule has 0 aromatic carbocycles. The fourth-order valence-electron chi connectivity index (χ4n) is 0.904. The van der Waals surface area contributed by atoms with Gasteiger partial charge >= 0.3 is 0 Å². The van der Waals surface area contributed by atoms with Gasteiger partial charge in [-0.1, -0.05) is 0 Å². The molecular weight excluding hydrogens is 140 g/mol. The summed E-state index contributed by atoms with van der Waals surface area (Å²) in [6.07, 6.45) is 1.64. The van der Waals surface area contributed by atoms with Gasteiger partial charge < -0.3 is 0 Å². The maximum Gasteiger partial charge on any atom is 0.203 e. The van der Waals surface area contributed by atoms with Crippen LogP contribution >= 0.6 is 0 Å². The van der Waals surface area contributed by atoms with Gasteiger partial charge in [-0.15, -0.1) is 10.2 Å².